The molecular weight excluding hydrogens is 1040 g/mol. The summed E-state index contributed by atoms with van der Waals surface area (Å²) in [4.78, 5) is 14.4. The summed E-state index contributed by atoms with van der Waals surface area (Å²) in [7, 11) is 0. The van der Waals surface area contributed by atoms with E-state index in [9.17, 15) is 10.2 Å². The minimum absolute atomic E-state index is 0.136. The van der Waals surface area contributed by atoms with Crippen molar-refractivity contribution in [2.45, 2.75) is 13.8 Å². The molecule has 0 fully saturated rings. The van der Waals surface area contributed by atoms with Gasteiger partial charge in [0.1, 0.15) is 11.5 Å². The van der Waals surface area contributed by atoms with Crippen LogP contribution in [0.3, 0.4) is 0 Å². The molecule has 0 radical (unpaired) electrons. The fourth-order valence-electron chi connectivity index (χ4n) is 11.2. The summed E-state index contributed by atoms with van der Waals surface area (Å²) in [5.41, 5.74) is 19.3. The van der Waals surface area contributed by atoms with Gasteiger partial charge in [-0.2, -0.15) is 0 Å². The van der Waals surface area contributed by atoms with Crippen LogP contribution in [0.4, 0.5) is 34.1 Å². The first-order valence-corrected chi connectivity index (χ1v) is 28.8. The van der Waals surface area contributed by atoms with Crippen molar-refractivity contribution in [3.63, 3.8) is 0 Å². The van der Waals surface area contributed by atoms with Crippen LogP contribution in [-0.4, -0.2) is 35.7 Å². The summed E-state index contributed by atoms with van der Waals surface area (Å²) >= 11 is 0. The van der Waals surface area contributed by atoms with Crippen LogP contribution in [-0.2, 0) is 0 Å². The zero-order valence-electron chi connectivity index (χ0n) is 47.6. The van der Waals surface area contributed by atoms with Gasteiger partial charge in [-0.15, -0.1) is 0 Å². The molecule has 0 saturated carbocycles. The van der Waals surface area contributed by atoms with Crippen LogP contribution >= 0.6 is 0 Å². The second-order valence-corrected chi connectivity index (χ2v) is 22.0. The summed E-state index contributed by atoms with van der Waals surface area (Å²) in [5, 5.41) is 23.7. The van der Waals surface area contributed by atoms with Gasteiger partial charge >= 0.3 is 0 Å². The fourth-order valence-corrected chi connectivity index (χ4v) is 11.2. The highest BCUT2D eigenvalue weighted by Crippen LogP contribution is 2.49. The van der Waals surface area contributed by atoms with E-state index in [2.05, 4.69) is 254 Å². The average molecular weight is 1100 g/mol. The molecule has 0 aliphatic heterocycles. The number of para-hydroxylation sites is 4. The van der Waals surface area contributed by atoms with E-state index in [4.69, 9.17) is 9.98 Å². The molecule has 0 aromatic heterocycles. The van der Waals surface area contributed by atoms with E-state index in [-0.39, 0.29) is 16.9 Å². The van der Waals surface area contributed by atoms with Crippen LogP contribution in [0.15, 0.2) is 313 Å². The number of anilines is 6. The number of phenolic OH excluding ortho intramolecular Hbond substituents is 2. The van der Waals surface area contributed by atoms with Crippen molar-refractivity contribution >= 4 is 46.6 Å². The lowest BCUT2D eigenvalue weighted by molar-refractivity contribution is 0.396. The molecule has 0 heterocycles. The summed E-state index contributed by atoms with van der Waals surface area (Å²) in [5.74, 6) is 0.273. The third-order valence-corrected chi connectivity index (χ3v) is 15.3. The van der Waals surface area contributed by atoms with E-state index in [0.29, 0.717) is 24.2 Å². The van der Waals surface area contributed by atoms with Gasteiger partial charge in [-0.1, -0.05) is 220 Å². The highest BCUT2D eigenvalue weighted by atomic mass is 16.3. The molecule has 0 amide bonds. The van der Waals surface area contributed by atoms with Gasteiger partial charge in [0.05, 0.1) is 0 Å². The highest BCUT2D eigenvalue weighted by molar-refractivity contribution is 6.01. The molecule has 12 aromatic rings. The lowest BCUT2D eigenvalue weighted by Crippen LogP contribution is -2.19. The molecule has 0 atom stereocenters. The standard InChI is InChI=1S/C79H64N4O2/c1-79(2,55-80-53-63-45-43-61(47-75(63)84)77-71(57-27-11-3-12-28-57)49-69(50-72(77)58-29-13-4-14-30-58)82(65-35-19-7-20-36-65)66-37-21-8-22-38-66)56-81-54-64-46-44-62(48-76(64)85)78-73(59-31-15-5-16-32-59)51-70(52-74(78)60-33-17-6-18-34-60)83(67-39-23-9-24-40-67)68-41-25-10-26-42-68/h3-54,84-85H,55-56H2,1-2H3/b80-53+,81-54+. The third-order valence-electron chi connectivity index (χ3n) is 15.3. The molecule has 0 bridgehead atoms. The van der Waals surface area contributed by atoms with E-state index in [1.165, 1.54) is 0 Å². The first-order chi connectivity index (χ1) is 41.7. The lowest BCUT2D eigenvalue weighted by Gasteiger charge is -2.28. The van der Waals surface area contributed by atoms with Crippen LogP contribution in [0.2, 0.25) is 0 Å². The lowest BCUT2D eigenvalue weighted by atomic mass is 9.86. The van der Waals surface area contributed by atoms with E-state index in [1.54, 1.807) is 12.4 Å². The predicted octanol–water partition coefficient (Wildman–Crippen LogP) is 20.6. The van der Waals surface area contributed by atoms with Gasteiger partial charge in [0.25, 0.3) is 0 Å². The maximum Gasteiger partial charge on any atom is 0.124 e. The number of hydrogen-bond donors (Lipinski definition) is 2. The Kier molecular flexibility index (Phi) is 16.2. The molecule has 6 heteroatoms. The Morgan fingerprint density at radius 3 is 0.788 bits per heavy atom. The molecule has 0 spiro atoms. The predicted molar refractivity (Wildman–Crippen MR) is 357 cm³/mol. The summed E-state index contributed by atoms with van der Waals surface area (Å²) in [6.45, 7) is 5.17. The van der Waals surface area contributed by atoms with E-state index in [0.717, 1.165) is 101 Å². The molecule has 0 unspecified atom stereocenters. The number of nitrogens with zero attached hydrogens (tertiary/aromatic N) is 4. The molecule has 2 N–H and O–H groups in total. The van der Waals surface area contributed by atoms with Gasteiger partial charge in [0.2, 0.25) is 0 Å². The minimum Gasteiger partial charge on any atom is -0.507 e. The van der Waals surface area contributed by atoms with Crippen LogP contribution in [0.5, 0.6) is 11.5 Å². The van der Waals surface area contributed by atoms with Crippen LogP contribution in [0.1, 0.15) is 25.0 Å². The molecular formula is C79H64N4O2. The monoisotopic (exact) mass is 1100 g/mol. The Hall–Kier alpha value is -10.8. The first kappa shape index (κ1) is 54.8. The SMILES string of the molecule is CC(C)(C/N=C/c1ccc(-c2c(-c3ccccc3)cc(N(c3ccccc3)c3ccccc3)cc2-c2ccccc2)cc1O)C/N=C/c1ccc(-c2c(-c3ccccc3)cc(N(c3ccccc3)c3ccccc3)cc2-c2ccccc2)cc1O. The Morgan fingerprint density at radius 1 is 0.294 bits per heavy atom. The van der Waals surface area contributed by atoms with Gasteiger partial charge in [0.15, 0.2) is 0 Å². The number of aliphatic imine (C=N–C) groups is 2. The molecule has 85 heavy (non-hydrogen) atoms. The number of rotatable bonds is 18. The van der Waals surface area contributed by atoms with Crippen LogP contribution in [0, 0.1) is 5.41 Å². The van der Waals surface area contributed by atoms with Crippen molar-refractivity contribution in [1.82, 2.24) is 0 Å². The normalized spacial score (nSPS) is 11.5. The topological polar surface area (TPSA) is 71.7 Å². The smallest absolute Gasteiger partial charge is 0.124 e. The Balaban J connectivity index is 0.820. The molecule has 12 aromatic carbocycles. The second kappa shape index (κ2) is 25.1. The molecule has 412 valence electrons. The molecule has 0 saturated heterocycles. The summed E-state index contributed by atoms with van der Waals surface area (Å²) in [6.07, 6.45) is 3.51. The molecule has 6 nitrogen and oxygen atoms in total. The Bertz CT molecular complexity index is 3780. The summed E-state index contributed by atoms with van der Waals surface area (Å²) in [6, 6.07) is 105. The number of aromatic hydroxyl groups is 2. The number of benzene rings is 12. The molecule has 12 rings (SSSR count). The van der Waals surface area contributed by atoms with Gasteiger partial charge in [-0.25, -0.2) is 0 Å². The van der Waals surface area contributed by atoms with Crippen molar-refractivity contribution < 1.29 is 10.2 Å². The first-order valence-electron chi connectivity index (χ1n) is 28.8. The molecule has 0 aliphatic carbocycles. The minimum atomic E-state index is -0.341. The fraction of sp³-hybridized carbons (Fsp3) is 0.0633. The zero-order valence-corrected chi connectivity index (χ0v) is 47.6. The van der Waals surface area contributed by atoms with Crippen molar-refractivity contribution in [2.24, 2.45) is 15.4 Å². The second-order valence-electron chi connectivity index (χ2n) is 22.0. The van der Waals surface area contributed by atoms with E-state index >= 15 is 0 Å². The third kappa shape index (κ3) is 12.4. The Labute approximate surface area is 499 Å². The quantitative estimate of drug-likeness (QED) is 0.0840. The van der Waals surface area contributed by atoms with Crippen LogP contribution < -0.4 is 9.80 Å². The van der Waals surface area contributed by atoms with Gasteiger partial charge in [-0.3, -0.25) is 9.98 Å². The number of phenols is 2. The highest BCUT2D eigenvalue weighted by Gasteiger charge is 2.24. The van der Waals surface area contributed by atoms with E-state index in [1.807, 2.05) is 72.8 Å². The van der Waals surface area contributed by atoms with Crippen molar-refractivity contribution in [3.05, 3.63) is 314 Å². The largest absolute Gasteiger partial charge is 0.507 e. The van der Waals surface area contributed by atoms with Gasteiger partial charge < -0.3 is 20.0 Å². The van der Waals surface area contributed by atoms with Crippen molar-refractivity contribution in [1.29, 1.82) is 0 Å². The number of hydrogen-bond acceptors (Lipinski definition) is 6. The van der Waals surface area contributed by atoms with Crippen LogP contribution in [0.25, 0.3) is 66.8 Å². The maximum absolute atomic E-state index is 11.8. The Morgan fingerprint density at radius 2 is 0.541 bits per heavy atom. The van der Waals surface area contributed by atoms with Crippen molar-refractivity contribution in [3.8, 4) is 78.3 Å². The summed E-state index contributed by atoms with van der Waals surface area (Å²) < 4.78 is 0. The zero-order chi connectivity index (χ0) is 58.0. The average Bonchev–Trinajstić information content (AvgIpc) is 3.71. The molecule has 0 aliphatic rings. The van der Waals surface area contributed by atoms with E-state index < -0.39 is 0 Å². The van der Waals surface area contributed by atoms with Gasteiger partial charge in [0, 0.05) is 76.2 Å². The maximum atomic E-state index is 11.8. The van der Waals surface area contributed by atoms with Gasteiger partial charge in [-0.05, 0) is 164 Å². The van der Waals surface area contributed by atoms with Crippen molar-refractivity contribution in [2.75, 3.05) is 22.9 Å².